The van der Waals surface area contributed by atoms with Gasteiger partial charge in [-0.15, -0.1) is 0 Å². The quantitative estimate of drug-likeness (QED) is 0.628. The molecule has 4 N–H and O–H groups in total. The summed E-state index contributed by atoms with van der Waals surface area (Å²) in [4.78, 5) is 24.2. The number of carbonyl (C=O) groups is 2. The molecule has 1 saturated carbocycles. The Hall–Kier alpha value is -1.10. The lowest BCUT2D eigenvalue weighted by molar-refractivity contribution is -0.137. The molecule has 5 heteroatoms. The number of rotatable bonds is 6. The Morgan fingerprint density at radius 2 is 2.00 bits per heavy atom. The number of nitrogens with two attached hydrogens (primary N) is 2. The Kier molecular flexibility index (Phi) is 3.68. The monoisotopic (exact) mass is 213 g/mol. The molecular formula is C10H19N3O2. The third-order valence-electron chi connectivity index (χ3n) is 2.63. The highest BCUT2D eigenvalue weighted by molar-refractivity contribution is 5.92. The van der Waals surface area contributed by atoms with Crippen molar-refractivity contribution in [2.24, 2.45) is 11.5 Å². The molecule has 1 aliphatic carbocycles. The minimum Gasteiger partial charge on any atom is -0.368 e. The molecule has 0 aliphatic heterocycles. The van der Waals surface area contributed by atoms with E-state index in [-0.39, 0.29) is 12.5 Å². The van der Waals surface area contributed by atoms with Crippen molar-refractivity contribution in [3.05, 3.63) is 0 Å². The van der Waals surface area contributed by atoms with Gasteiger partial charge in [0.15, 0.2) is 0 Å². The Morgan fingerprint density at radius 3 is 2.40 bits per heavy atom. The first-order valence-electron chi connectivity index (χ1n) is 5.36. The normalized spacial score (nSPS) is 17.2. The number of carbonyl (C=O) groups excluding carboxylic acids is 2. The molecule has 0 aromatic rings. The Labute approximate surface area is 89.8 Å². The fourth-order valence-corrected chi connectivity index (χ4v) is 1.45. The fraction of sp³-hybridized carbons (Fsp3) is 0.800. The Bertz CT molecular complexity index is 261. The molecule has 1 rings (SSSR count). The molecule has 0 aromatic carbocycles. The van der Waals surface area contributed by atoms with E-state index in [0.717, 1.165) is 12.8 Å². The van der Waals surface area contributed by atoms with Gasteiger partial charge in [0.2, 0.25) is 11.8 Å². The number of amides is 2. The lowest BCUT2D eigenvalue weighted by Gasteiger charge is -2.24. The molecule has 0 bridgehead atoms. The average Bonchev–Trinajstić information content (AvgIpc) is 2.90. The molecule has 1 aliphatic rings. The maximum absolute atomic E-state index is 11.9. The van der Waals surface area contributed by atoms with Crippen molar-refractivity contribution in [2.75, 3.05) is 13.1 Å². The second-order valence-electron chi connectivity index (χ2n) is 4.20. The van der Waals surface area contributed by atoms with Crippen LogP contribution in [0.5, 0.6) is 0 Å². The maximum atomic E-state index is 11.9. The zero-order chi connectivity index (χ0) is 11.5. The van der Waals surface area contributed by atoms with Crippen molar-refractivity contribution in [1.82, 2.24) is 4.90 Å². The largest absolute Gasteiger partial charge is 0.368 e. The van der Waals surface area contributed by atoms with Crippen LogP contribution in [0.1, 0.15) is 32.6 Å². The molecule has 15 heavy (non-hydrogen) atoms. The van der Waals surface area contributed by atoms with Gasteiger partial charge in [0, 0.05) is 6.54 Å². The lowest BCUT2D eigenvalue weighted by Crippen LogP contribution is -2.48. The number of hydrogen-bond acceptors (Lipinski definition) is 3. The van der Waals surface area contributed by atoms with E-state index in [4.69, 9.17) is 11.5 Å². The van der Waals surface area contributed by atoms with Crippen molar-refractivity contribution in [2.45, 2.75) is 38.1 Å². The minimum absolute atomic E-state index is 0.0161. The van der Waals surface area contributed by atoms with Crippen molar-refractivity contribution in [1.29, 1.82) is 0 Å². The van der Waals surface area contributed by atoms with E-state index in [1.165, 1.54) is 4.90 Å². The van der Waals surface area contributed by atoms with E-state index in [2.05, 4.69) is 0 Å². The van der Waals surface area contributed by atoms with Crippen LogP contribution in [0.4, 0.5) is 0 Å². The predicted molar refractivity (Wildman–Crippen MR) is 56.8 cm³/mol. The first-order valence-corrected chi connectivity index (χ1v) is 5.36. The minimum atomic E-state index is -0.705. The van der Waals surface area contributed by atoms with Crippen LogP contribution in [-0.2, 0) is 9.59 Å². The molecule has 1 fully saturated rings. The van der Waals surface area contributed by atoms with Gasteiger partial charge in [-0.05, 0) is 19.3 Å². The smallest absolute Gasteiger partial charge is 0.243 e. The van der Waals surface area contributed by atoms with E-state index in [0.29, 0.717) is 19.4 Å². The van der Waals surface area contributed by atoms with Gasteiger partial charge in [-0.25, -0.2) is 0 Å². The molecule has 0 heterocycles. The molecule has 0 spiro atoms. The number of unbranched alkanes of at least 4 members (excludes halogenated alkanes) is 1. The third kappa shape index (κ3) is 3.20. The van der Waals surface area contributed by atoms with Crippen LogP contribution in [0.15, 0.2) is 0 Å². The van der Waals surface area contributed by atoms with E-state index >= 15 is 0 Å². The van der Waals surface area contributed by atoms with Gasteiger partial charge in [0.05, 0.1) is 12.1 Å². The van der Waals surface area contributed by atoms with E-state index < -0.39 is 11.4 Å². The highest BCUT2D eigenvalue weighted by Crippen LogP contribution is 2.34. The van der Waals surface area contributed by atoms with E-state index in [1.54, 1.807) is 0 Å². The first-order chi connectivity index (χ1) is 6.99. The van der Waals surface area contributed by atoms with Gasteiger partial charge in [-0.3, -0.25) is 9.59 Å². The summed E-state index contributed by atoms with van der Waals surface area (Å²) in [5.41, 5.74) is 10.2. The van der Waals surface area contributed by atoms with Gasteiger partial charge >= 0.3 is 0 Å². The summed E-state index contributed by atoms with van der Waals surface area (Å²) >= 11 is 0. The van der Waals surface area contributed by atoms with Crippen molar-refractivity contribution >= 4 is 11.8 Å². The highest BCUT2D eigenvalue weighted by Gasteiger charge is 2.48. The molecule has 5 nitrogen and oxygen atoms in total. The molecule has 0 aromatic heterocycles. The summed E-state index contributed by atoms with van der Waals surface area (Å²) in [6.45, 7) is 2.58. The van der Waals surface area contributed by atoms with Gasteiger partial charge in [0.25, 0.3) is 0 Å². The van der Waals surface area contributed by atoms with Crippen molar-refractivity contribution < 1.29 is 9.59 Å². The summed E-state index contributed by atoms with van der Waals surface area (Å²) in [6, 6.07) is 0. The van der Waals surface area contributed by atoms with E-state index in [9.17, 15) is 9.59 Å². The zero-order valence-corrected chi connectivity index (χ0v) is 9.16. The van der Waals surface area contributed by atoms with Crippen LogP contribution in [0.25, 0.3) is 0 Å². The third-order valence-corrected chi connectivity index (χ3v) is 2.63. The SMILES string of the molecule is CCCCN(CC(N)=O)C(=O)C1(N)CC1. The highest BCUT2D eigenvalue weighted by atomic mass is 16.2. The van der Waals surface area contributed by atoms with Crippen LogP contribution >= 0.6 is 0 Å². The number of primary amides is 1. The Morgan fingerprint density at radius 1 is 1.40 bits per heavy atom. The summed E-state index contributed by atoms with van der Waals surface area (Å²) < 4.78 is 0. The van der Waals surface area contributed by atoms with Crippen molar-refractivity contribution in [3.63, 3.8) is 0 Å². The molecule has 86 valence electrons. The second kappa shape index (κ2) is 4.61. The topological polar surface area (TPSA) is 89.4 Å². The standard InChI is InChI=1S/C10H19N3O2/c1-2-3-6-13(7-8(11)14)9(15)10(12)4-5-10/h2-7,12H2,1H3,(H2,11,14). The zero-order valence-electron chi connectivity index (χ0n) is 9.16. The van der Waals surface area contributed by atoms with Gasteiger partial charge in [0.1, 0.15) is 0 Å². The molecule has 0 unspecified atom stereocenters. The number of hydrogen-bond donors (Lipinski definition) is 2. The predicted octanol–water partition coefficient (Wildman–Crippen LogP) is -0.408. The van der Waals surface area contributed by atoms with Crippen LogP contribution in [0, 0.1) is 0 Å². The molecule has 0 saturated heterocycles. The molecule has 0 atom stereocenters. The van der Waals surface area contributed by atoms with Gasteiger partial charge in [-0.2, -0.15) is 0 Å². The number of nitrogens with zero attached hydrogens (tertiary/aromatic N) is 1. The lowest BCUT2D eigenvalue weighted by atomic mass is 10.2. The maximum Gasteiger partial charge on any atom is 0.243 e. The molecular weight excluding hydrogens is 194 g/mol. The average molecular weight is 213 g/mol. The first kappa shape index (κ1) is 12.0. The summed E-state index contributed by atoms with van der Waals surface area (Å²) in [5, 5.41) is 0. The van der Waals surface area contributed by atoms with Gasteiger partial charge < -0.3 is 16.4 Å². The Balaban J connectivity index is 2.54. The molecule has 0 radical (unpaired) electrons. The van der Waals surface area contributed by atoms with Gasteiger partial charge in [-0.1, -0.05) is 13.3 Å². The fourth-order valence-electron chi connectivity index (χ4n) is 1.45. The summed E-state index contributed by atoms with van der Waals surface area (Å²) in [5.74, 6) is -0.613. The second-order valence-corrected chi connectivity index (χ2v) is 4.20. The summed E-state index contributed by atoms with van der Waals surface area (Å²) in [7, 11) is 0. The summed E-state index contributed by atoms with van der Waals surface area (Å²) in [6.07, 6.45) is 3.27. The van der Waals surface area contributed by atoms with Crippen LogP contribution in [0.2, 0.25) is 0 Å². The van der Waals surface area contributed by atoms with E-state index in [1.807, 2.05) is 6.92 Å². The van der Waals surface area contributed by atoms with Crippen LogP contribution < -0.4 is 11.5 Å². The van der Waals surface area contributed by atoms with Crippen LogP contribution in [0.3, 0.4) is 0 Å². The van der Waals surface area contributed by atoms with Crippen molar-refractivity contribution in [3.8, 4) is 0 Å². The van der Waals surface area contributed by atoms with Crippen LogP contribution in [-0.4, -0.2) is 35.3 Å². The molecule has 2 amide bonds.